The second kappa shape index (κ2) is 6.24. The molecule has 1 N–H and O–H groups in total. The van der Waals surface area contributed by atoms with Crippen LogP contribution in [0, 0.1) is 5.92 Å². The first-order chi connectivity index (χ1) is 12.5. The van der Waals surface area contributed by atoms with Crippen molar-refractivity contribution in [3.05, 3.63) is 66.4 Å². The summed E-state index contributed by atoms with van der Waals surface area (Å²) in [6.45, 7) is 13.2. The minimum absolute atomic E-state index is 0.0491. The molecule has 3 aliphatic rings. The van der Waals surface area contributed by atoms with Crippen LogP contribution in [0.5, 0.6) is 0 Å². The number of allylic oxidation sites excluding steroid dienone is 3. The number of carbonyl (C=O) groups is 1. The molecule has 0 amide bonds. The van der Waals surface area contributed by atoms with E-state index in [1.165, 1.54) is 18.4 Å². The maximum atomic E-state index is 13.3. The highest BCUT2D eigenvalue weighted by molar-refractivity contribution is 6.04. The molecule has 1 aromatic carbocycles. The molecule has 1 aromatic rings. The molecule has 1 saturated heterocycles. The lowest BCUT2D eigenvalue weighted by Crippen LogP contribution is -2.61. The van der Waals surface area contributed by atoms with E-state index in [4.69, 9.17) is 0 Å². The molecule has 1 heterocycles. The van der Waals surface area contributed by atoms with Gasteiger partial charge in [-0.15, -0.1) is 0 Å². The summed E-state index contributed by atoms with van der Waals surface area (Å²) in [5.41, 5.74) is 4.07. The van der Waals surface area contributed by atoms with Gasteiger partial charge < -0.3 is 5.32 Å². The Morgan fingerprint density at radius 1 is 1.35 bits per heavy atom. The van der Waals surface area contributed by atoms with Gasteiger partial charge in [0, 0.05) is 29.5 Å². The minimum Gasteiger partial charge on any atom is -0.356 e. The molecular weight excluding hydrogens is 320 g/mol. The second-order valence-electron chi connectivity index (χ2n) is 8.18. The van der Waals surface area contributed by atoms with Crippen LogP contribution in [-0.4, -0.2) is 29.3 Å². The van der Waals surface area contributed by atoms with Crippen molar-refractivity contribution < 1.29 is 4.79 Å². The third kappa shape index (κ3) is 2.57. The van der Waals surface area contributed by atoms with E-state index >= 15 is 0 Å². The van der Waals surface area contributed by atoms with Gasteiger partial charge in [-0.1, -0.05) is 33.1 Å². The Labute approximate surface area is 156 Å². The number of likely N-dealkylation sites (tertiary alicyclic amines) is 1. The zero-order valence-corrected chi connectivity index (χ0v) is 15.8. The molecule has 0 aromatic heterocycles. The van der Waals surface area contributed by atoms with Crippen LogP contribution in [-0.2, 0) is 5.41 Å². The van der Waals surface area contributed by atoms with E-state index in [0.717, 1.165) is 29.9 Å². The van der Waals surface area contributed by atoms with Crippen molar-refractivity contribution in [3.63, 3.8) is 0 Å². The first-order valence-electron chi connectivity index (χ1n) is 9.66. The first-order valence-corrected chi connectivity index (χ1v) is 9.66. The topological polar surface area (TPSA) is 32.3 Å². The third-order valence-electron chi connectivity index (χ3n) is 6.72. The summed E-state index contributed by atoms with van der Waals surface area (Å²) in [6.07, 6.45) is 9.04. The average molecular weight is 348 g/mol. The molecular formula is C23H28N2O. The monoisotopic (exact) mass is 348 g/mol. The summed E-state index contributed by atoms with van der Waals surface area (Å²) in [5.74, 6) is 0.656. The van der Waals surface area contributed by atoms with E-state index in [-0.39, 0.29) is 11.5 Å². The average Bonchev–Trinajstić information content (AvgIpc) is 3.47. The first kappa shape index (κ1) is 17.3. The van der Waals surface area contributed by atoms with Crippen LogP contribution < -0.4 is 5.32 Å². The Balaban J connectivity index is 1.74. The van der Waals surface area contributed by atoms with E-state index in [1.807, 2.05) is 18.2 Å². The zero-order chi connectivity index (χ0) is 18.5. The van der Waals surface area contributed by atoms with Crippen LogP contribution >= 0.6 is 0 Å². The minimum atomic E-state index is 0.0491. The summed E-state index contributed by atoms with van der Waals surface area (Å²) in [7, 11) is 0. The number of fused-ring (bicyclic) bond motifs is 4. The Morgan fingerprint density at radius 2 is 2.12 bits per heavy atom. The van der Waals surface area contributed by atoms with E-state index < -0.39 is 0 Å². The molecule has 1 saturated carbocycles. The Hall–Kier alpha value is -2.13. The van der Waals surface area contributed by atoms with Gasteiger partial charge >= 0.3 is 0 Å². The molecule has 4 rings (SSSR count). The Kier molecular flexibility index (Phi) is 4.15. The third-order valence-corrected chi connectivity index (χ3v) is 6.72. The number of hydrogen-bond donors (Lipinski definition) is 1. The zero-order valence-electron chi connectivity index (χ0n) is 15.8. The molecule has 0 spiro atoms. The summed E-state index contributed by atoms with van der Waals surface area (Å²) in [4.78, 5) is 15.8. The van der Waals surface area contributed by atoms with Crippen molar-refractivity contribution in [2.75, 3.05) is 11.9 Å². The fourth-order valence-corrected chi connectivity index (χ4v) is 4.86. The second-order valence-corrected chi connectivity index (χ2v) is 8.18. The molecule has 1 aliphatic heterocycles. The molecule has 0 unspecified atom stereocenters. The summed E-state index contributed by atoms with van der Waals surface area (Å²) in [5, 5.41) is 3.39. The smallest absolute Gasteiger partial charge is 0.180 e. The van der Waals surface area contributed by atoms with Crippen LogP contribution in [0.15, 0.2) is 55.3 Å². The quantitative estimate of drug-likeness (QED) is 0.784. The van der Waals surface area contributed by atoms with Crippen molar-refractivity contribution in [1.82, 2.24) is 4.90 Å². The summed E-state index contributed by atoms with van der Waals surface area (Å²) < 4.78 is 0. The van der Waals surface area contributed by atoms with E-state index in [9.17, 15) is 4.79 Å². The molecule has 3 atom stereocenters. The number of piperidine rings is 1. The van der Waals surface area contributed by atoms with Gasteiger partial charge in [-0.25, -0.2) is 0 Å². The molecule has 0 radical (unpaired) electrons. The van der Waals surface area contributed by atoms with Crippen molar-refractivity contribution in [1.29, 1.82) is 0 Å². The van der Waals surface area contributed by atoms with Crippen molar-refractivity contribution in [2.24, 2.45) is 5.92 Å². The van der Waals surface area contributed by atoms with Gasteiger partial charge in [0.25, 0.3) is 0 Å². The highest BCUT2D eigenvalue weighted by Gasteiger charge is 2.54. The molecule has 2 fully saturated rings. The number of nitrogens with zero attached hydrogens (tertiary/aromatic N) is 1. The predicted octanol–water partition coefficient (Wildman–Crippen LogP) is 4.68. The number of nitrogens with one attached hydrogen (secondary N) is 1. The highest BCUT2D eigenvalue weighted by Crippen LogP contribution is 2.51. The maximum absolute atomic E-state index is 13.3. The van der Waals surface area contributed by atoms with Gasteiger partial charge in [-0.05, 0) is 66.5 Å². The summed E-state index contributed by atoms with van der Waals surface area (Å²) >= 11 is 0. The van der Waals surface area contributed by atoms with Gasteiger partial charge in [0.15, 0.2) is 5.78 Å². The molecule has 2 aliphatic carbocycles. The Morgan fingerprint density at radius 3 is 2.77 bits per heavy atom. The van der Waals surface area contributed by atoms with Crippen molar-refractivity contribution >= 4 is 11.5 Å². The fourth-order valence-electron chi connectivity index (χ4n) is 4.86. The van der Waals surface area contributed by atoms with Crippen LogP contribution in [0.25, 0.3) is 0 Å². The lowest BCUT2D eigenvalue weighted by Gasteiger charge is -2.53. The number of benzene rings is 1. The normalized spacial score (nSPS) is 31.3. The van der Waals surface area contributed by atoms with E-state index in [1.54, 1.807) is 12.2 Å². The summed E-state index contributed by atoms with van der Waals surface area (Å²) in [6, 6.07) is 6.89. The van der Waals surface area contributed by atoms with Crippen LogP contribution in [0.1, 0.15) is 49.0 Å². The van der Waals surface area contributed by atoms with Crippen LogP contribution in [0.2, 0.25) is 0 Å². The number of ketones is 1. The van der Waals surface area contributed by atoms with Gasteiger partial charge in [-0.3, -0.25) is 9.69 Å². The lowest BCUT2D eigenvalue weighted by atomic mass is 9.58. The van der Waals surface area contributed by atoms with E-state index in [2.05, 4.69) is 43.3 Å². The maximum Gasteiger partial charge on any atom is 0.180 e. The standard InChI is InChI=1S/C23H28N2O/c1-5-7-16(6-2)24-17-8-11-19-20(14-17)23(4)12-13-25(18-9-10-18)21(15(23)3)22(19)26/h5-8,11,14-15,18,21,24H,1-2,9-10,12-13H2,3-4H3/b16-7+/t15-,21-,23-/m0/s1. The van der Waals surface area contributed by atoms with Crippen molar-refractivity contribution in [3.8, 4) is 0 Å². The number of Topliss-reactive ketones (excluding diaryl/α,β-unsaturated/α-hetero) is 1. The number of anilines is 1. The predicted molar refractivity (Wildman–Crippen MR) is 108 cm³/mol. The van der Waals surface area contributed by atoms with Crippen LogP contribution in [0.4, 0.5) is 5.69 Å². The van der Waals surface area contributed by atoms with Crippen LogP contribution in [0.3, 0.4) is 0 Å². The molecule has 3 nitrogen and oxygen atoms in total. The van der Waals surface area contributed by atoms with Gasteiger partial charge in [0.1, 0.15) is 0 Å². The molecule has 136 valence electrons. The van der Waals surface area contributed by atoms with Gasteiger partial charge in [0.05, 0.1) is 6.04 Å². The van der Waals surface area contributed by atoms with Crippen molar-refractivity contribution in [2.45, 2.75) is 50.6 Å². The molecule has 2 bridgehead atoms. The van der Waals surface area contributed by atoms with Gasteiger partial charge in [-0.2, -0.15) is 0 Å². The van der Waals surface area contributed by atoms with Gasteiger partial charge in [0.2, 0.25) is 0 Å². The molecule has 3 heteroatoms. The SMILES string of the molecule is C=C/C=C(\C=C)Nc1ccc2c(c1)[C@@]1(C)CCN(C3CC3)[C@H](C2=O)[C@@H]1C. The Bertz CT molecular complexity index is 804. The molecule has 26 heavy (non-hydrogen) atoms. The number of rotatable bonds is 5. The number of hydrogen-bond acceptors (Lipinski definition) is 3. The lowest BCUT2D eigenvalue weighted by molar-refractivity contribution is 0.0248. The fraction of sp³-hybridized carbons (Fsp3) is 0.435. The largest absolute Gasteiger partial charge is 0.356 e. The van der Waals surface area contributed by atoms with E-state index in [0.29, 0.717) is 17.7 Å². The number of carbonyl (C=O) groups excluding carboxylic acids is 1. The highest BCUT2D eigenvalue weighted by atomic mass is 16.1.